The predicted octanol–water partition coefficient (Wildman–Crippen LogP) is 3.43. The average molecular weight is 317 g/mol. The largest absolute Gasteiger partial charge is 0.304 e. The van der Waals surface area contributed by atoms with Gasteiger partial charge in [-0.05, 0) is 34.5 Å². The molecule has 1 amide bonds. The Morgan fingerprint density at radius 1 is 1.35 bits per heavy atom. The summed E-state index contributed by atoms with van der Waals surface area (Å²) in [5.74, 6) is -0.935. The monoisotopic (exact) mass is 315 g/mol. The molecule has 0 bridgehead atoms. The molecule has 0 saturated heterocycles. The summed E-state index contributed by atoms with van der Waals surface area (Å²) < 4.78 is 0.690. The molecule has 5 heteroatoms. The number of hydrogen-bond donors (Lipinski definition) is 0. The molecular weight excluding hydrogens is 305 g/mol. The molecule has 3 nitrogen and oxygen atoms in total. The number of carbonyl (C=O) groups is 2. The van der Waals surface area contributed by atoms with E-state index in [1.807, 2.05) is 6.92 Å². The molecule has 0 fully saturated rings. The summed E-state index contributed by atoms with van der Waals surface area (Å²) in [5, 5.41) is 0.453. The van der Waals surface area contributed by atoms with Crippen molar-refractivity contribution in [3.63, 3.8) is 0 Å². The van der Waals surface area contributed by atoms with Gasteiger partial charge in [0.25, 0.3) is 11.7 Å². The third-order valence-corrected chi connectivity index (χ3v) is 3.54. The smallest absolute Gasteiger partial charge is 0.299 e. The van der Waals surface area contributed by atoms with Crippen LogP contribution in [0.5, 0.6) is 0 Å². The Morgan fingerprint density at radius 3 is 2.71 bits per heavy atom. The number of hydrogen-bond acceptors (Lipinski definition) is 2. The van der Waals surface area contributed by atoms with E-state index in [1.165, 1.54) is 4.90 Å². The van der Waals surface area contributed by atoms with Crippen LogP contribution in [-0.2, 0) is 4.79 Å². The summed E-state index contributed by atoms with van der Waals surface area (Å²) in [6.07, 6.45) is 1.84. The van der Waals surface area contributed by atoms with Gasteiger partial charge in [-0.2, -0.15) is 0 Å². The molecule has 0 spiro atoms. The summed E-state index contributed by atoms with van der Waals surface area (Å²) >= 11 is 9.24. The van der Waals surface area contributed by atoms with Gasteiger partial charge < -0.3 is 4.90 Å². The highest BCUT2D eigenvalue weighted by Crippen LogP contribution is 2.38. The number of benzene rings is 1. The van der Waals surface area contributed by atoms with Gasteiger partial charge in [-0.15, -0.1) is 0 Å². The van der Waals surface area contributed by atoms with Gasteiger partial charge in [0.1, 0.15) is 0 Å². The highest BCUT2D eigenvalue weighted by Gasteiger charge is 2.37. The zero-order valence-corrected chi connectivity index (χ0v) is 11.6. The fourth-order valence-electron chi connectivity index (χ4n) is 1.88. The van der Waals surface area contributed by atoms with Crippen molar-refractivity contribution in [2.45, 2.75) is 19.8 Å². The Hall–Kier alpha value is -0.870. The van der Waals surface area contributed by atoms with Crippen LogP contribution >= 0.6 is 27.5 Å². The van der Waals surface area contributed by atoms with E-state index in [9.17, 15) is 9.59 Å². The van der Waals surface area contributed by atoms with Crippen molar-refractivity contribution in [1.82, 2.24) is 0 Å². The molecule has 90 valence electrons. The number of unbranched alkanes of at least 4 members (excludes halogenated alkanes) is 1. The maximum atomic E-state index is 11.8. The second-order valence-corrected chi connectivity index (χ2v) is 5.21. The maximum absolute atomic E-state index is 11.8. The molecule has 1 aromatic carbocycles. The van der Waals surface area contributed by atoms with E-state index < -0.39 is 11.7 Å². The number of amides is 1. The Labute approximate surface area is 113 Å². The van der Waals surface area contributed by atoms with E-state index in [1.54, 1.807) is 12.1 Å². The molecule has 1 aliphatic heterocycles. The van der Waals surface area contributed by atoms with Gasteiger partial charge in [-0.25, -0.2) is 0 Å². The normalized spacial score (nSPS) is 14.4. The molecule has 0 aromatic heterocycles. The topological polar surface area (TPSA) is 37.4 Å². The molecule has 2 rings (SSSR count). The number of carbonyl (C=O) groups excluding carboxylic acids is 2. The zero-order valence-electron chi connectivity index (χ0n) is 9.30. The van der Waals surface area contributed by atoms with Crippen molar-refractivity contribution in [3.8, 4) is 0 Å². The minimum Gasteiger partial charge on any atom is -0.304 e. The number of fused-ring (bicyclic) bond motifs is 1. The zero-order chi connectivity index (χ0) is 12.6. The molecule has 1 heterocycles. The van der Waals surface area contributed by atoms with Crippen LogP contribution in [0.3, 0.4) is 0 Å². The first-order valence-electron chi connectivity index (χ1n) is 5.41. The van der Waals surface area contributed by atoms with Crippen molar-refractivity contribution >= 4 is 44.9 Å². The van der Waals surface area contributed by atoms with Gasteiger partial charge in [-0.1, -0.05) is 24.9 Å². The van der Waals surface area contributed by atoms with Crippen molar-refractivity contribution in [2.75, 3.05) is 11.4 Å². The fraction of sp³-hybridized carbons (Fsp3) is 0.333. The molecule has 0 unspecified atom stereocenters. The van der Waals surface area contributed by atoms with Crippen LogP contribution in [-0.4, -0.2) is 18.2 Å². The predicted molar refractivity (Wildman–Crippen MR) is 70.7 cm³/mol. The first-order valence-corrected chi connectivity index (χ1v) is 6.58. The minimum atomic E-state index is -0.473. The molecule has 0 saturated carbocycles. The Morgan fingerprint density at radius 2 is 2.06 bits per heavy atom. The highest BCUT2D eigenvalue weighted by atomic mass is 79.9. The molecule has 0 atom stereocenters. The number of rotatable bonds is 3. The lowest BCUT2D eigenvalue weighted by Gasteiger charge is -2.17. The minimum absolute atomic E-state index is 0.394. The van der Waals surface area contributed by atoms with Crippen molar-refractivity contribution in [3.05, 3.63) is 27.2 Å². The number of anilines is 1. The van der Waals surface area contributed by atoms with E-state index in [4.69, 9.17) is 11.6 Å². The lowest BCUT2D eigenvalue weighted by atomic mass is 10.1. The summed E-state index contributed by atoms with van der Waals surface area (Å²) in [5.41, 5.74) is 1.04. The Kier molecular flexibility index (Phi) is 3.54. The van der Waals surface area contributed by atoms with E-state index in [2.05, 4.69) is 15.9 Å². The van der Waals surface area contributed by atoms with Crippen LogP contribution < -0.4 is 4.90 Å². The molecule has 0 N–H and O–H groups in total. The third kappa shape index (κ3) is 2.11. The second kappa shape index (κ2) is 4.78. The number of ketones is 1. The standard InChI is InChI=1S/C12H11BrClNO2/c1-2-3-4-15-10-8(11(16)12(15)17)5-7(14)6-9(10)13/h5-6H,2-4H2,1H3. The Bertz CT molecular complexity index is 502. The second-order valence-electron chi connectivity index (χ2n) is 3.92. The molecule has 17 heavy (non-hydrogen) atoms. The van der Waals surface area contributed by atoms with Gasteiger partial charge in [-0.3, -0.25) is 9.59 Å². The quantitative estimate of drug-likeness (QED) is 0.801. The number of Topliss-reactive ketones (excluding diaryl/α,β-unsaturated/α-hetero) is 1. The average Bonchev–Trinajstić information content (AvgIpc) is 2.51. The van der Waals surface area contributed by atoms with E-state index in [0.717, 1.165) is 12.8 Å². The van der Waals surface area contributed by atoms with Crippen molar-refractivity contribution in [2.24, 2.45) is 0 Å². The lowest BCUT2D eigenvalue weighted by molar-refractivity contribution is -0.114. The summed E-state index contributed by atoms with van der Waals surface area (Å²) in [7, 11) is 0. The first kappa shape index (κ1) is 12.6. The molecule has 0 aliphatic carbocycles. The van der Waals surface area contributed by atoms with Crippen molar-refractivity contribution < 1.29 is 9.59 Å². The van der Waals surface area contributed by atoms with Crippen LogP contribution in [0.2, 0.25) is 5.02 Å². The van der Waals surface area contributed by atoms with Gasteiger partial charge >= 0.3 is 0 Å². The SMILES string of the molecule is CCCCN1C(=O)C(=O)c2cc(Cl)cc(Br)c21. The summed E-state index contributed by atoms with van der Waals surface area (Å²) in [6, 6.07) is 3.25. The van der Waals surface area contributed by atoms with Gasteiger partial charge in [0.05, 0.1) is 11.3 Å². The maximum Gasteiger partial charge on any atom is 0.299 e. The number of halogens is 2. The van der Waals surface area contributed by atoms with E-state index in [0.29, 0.717) is 27.3 Å². The van der Waals surface area contributed by atoms with E-state index >= 15 is 0 Å². The Balaban J connectivity index is 2.48. The van der Waals surface area contributed by atoms with Crippen LogP contribution in [0.4, 0.5) is 5.69 Å². The molecule has 1 aromatic rings. The van der Waals surface area contributed by atoms with Crippen LogP contribution in [0.25, 0.3) is 0 Å². The van der Waals surface area contributed by atoms with Gasteiger partial charge in [0.15, 0.2) is 0 Å². The number of nitrogens with zero attached hydrogens (tertiary/aromatic N) is 1. The van der Waals surface area contributed by atoms with Gasteiger partial charge in [0.2, 0.25) is 0 Å². The summed E-state index contributed by atoms with van der Waals surface area (Å²) in [6.45, 7) is 2.61. The van der Waals surface area contributed by atoms with Crippen molar-refractivity contribution in [1.29, 1.82) is 0 Å². The van der Waals surface area contributed by atoms with E-state index in [-0.39, 0.29) is 0 Å². The summed E-state index contributed by atoms with van der Waals surface area (Å²) in [4.78, 5) is 25.2. The van der Waals surface area contributed by atoms with Crippen LogP contribution in [0.1, 0.15) is 30.1 Å². The molecular formula is C12H11BrClNO2. The van der Waals surface area contributed by atoms with Gasteiger partial charge in [0, 0.05) is 16.0 Å². The first-order chi connectivity index (χ1) is 8.06. The van der Waals surface area contributed by atoms with Crippen LogP contribution in [0, 0.1) is 0 Å². The van der Waals surface area contributed by atoms with Crippen LogP contribution in [0.15, 0.2) is 16.6 Å². The fourth-order valence-corrected chi connectivity index (χ4v) is 2.91. The third-order valence-electron chi connectivity index (χ3n) is 2.72. The molecule has 0 radical (unpaired) electrons. The highest BCUT2D eigenvalue weighted by molar-refractivity contribution is 9.10. The lowest BCUT2D eigenvalue weighted by Crippen LogP contribution is -2.30. The molecule has 1 aliphatic rings.